The first-order chi connectivity index (χ1) is 11.4. The van der Waals surface area contributed by atoms with Gasteiger partial charge < -0.3 is 10.1 Å². The number of halogens is 2. The lowest BCUT2D eigenvalue weighted by Crippen LogP contribution is -2.30. The van der Waals surface area contributed by atoms with Crippen LogP contribution in [0.3, 0.4) is 0 Å². The maximum Gasteiger partial charge on any atom is 0.325 e. The number of carbonyl (C=O) groups is 2. The van der Waals surface area contributed by atoms with Crippen molar-refractivity contribution < 1.29 is 23.1 Å². The van der Waals surface area contributed by atoms with Gasteiger partial charge in [-0.3, -0.25) is 9.59 Å². The molecule has 0 bridgehead atoms. The molecule has 0 spiro atoms. The van der Waals surface area contributed by atoms with Gasteiger partial charge in [-0.05, 0) is 35.7 Å². The summed E-state index contributed by atoms with van der Waals surface area (Å²) in [6.07, 6.45) is 0. The van der Waals surface area contributed by atoms with E-state index < -0.39 is 17.8 Å². The maximum absolute atomic E-state index is 14.7. The van der Waals surface area contributed by atoms with Crippen LogP contribution in [-0.2, 0) is 15.5 Å². The first kappa shape index (κ1) is 16.1. The minimum atomic E-state index is -3.09. The second-order valence-electron chi connectivity index (χ2n) is 5.59. The molecule has 0 heterocycles. The highest BCUT2D eigenvalue weighted by Crippen LogP contribution is 2.52. The Morgan fingerprint density at radius 2 is 1.92 bits per heavy atom. The first-order valence-corrected chi connectivity index (χ1v) is 7.34. The highest BCUT2D eigenvalue weighted by molar-refractivity contribution is 5.98. The third kappa shape index (κ3) is 2.44. The number of alkyl halides is 2. The van der Waals surface area contributed by atoms with Crippen LogP contribution < -0.4 is 5.32 Å². The normalized spacial score (nSPS) is 13.8. The number of hydrogen-bond donors (Lipinski definition) is 1. The number of fused-ring (bicyclic) bond motifs is 3. The molecule has 0 unspecified atom stereocenters. The zero-order valence-electron chi connectivity index (χ0n) is 13.2. The van der Waals surface area contributed by atoms with Gasteiger partial charge in [0.15, 0.2) is 0 Å². The van der Waals surface area contributed by atoms with E-state index in [0.29, 0.717) is 16.7 Å². The molecule has 0 fully saturated rings. The van der Waals surface area contributed by atoms with Crippen LogP contribution in [-0.4, -0.2) is 25.5 Å². The van der Waals surface area contributed by atoms with E-state index in [2.05, 4.69) is 10.1 Å². The third-order valence-corrected chi connectivity index (χ3v) is 4.12. The van der Waals surface area contributed by atoms with Crippen LogP contribution in [0.25, 0.3) is 11.1 Å². The summed E-state index contributed by atoms with van der Waals surface area (Å²) in [5.41, 5.74) is 1.35. The van der Waals surface area contributed by atoms with Gasteiger partial charge in [0, 0.05) is 16.7 Å². The fourth-order valence-corrected chi connectivity index (χ4v) is 2.95. The van der Waals surface area contributed by atoms with Crippen LogP contribution >= 0.6 is 0 Å². The molecule has 0 radical (unpaired) electrons. The monoisotopic (exact) mass is 331 g/mol. The number of rotatable bonds is 3. The number of ether oxygens (including phenoxy) is 1. The minimum absolute atomic E-state index is 0.0212. The van der Waals surface area contributed by atoms with Crippen molar-refractivity contribution in [1.29, 1.82) is 0 Å². The second-order valence-corrected chi connectivity index (χ2v) is 5.59. The molecular weight excluding hydrogens is 316 g/mol. The summed E-state index contributed by atoms with van der Waals surface area (Å²) in [5, 5.41) is 2.40. The second kappa shape index (κ2) is 5.70. The minimum Gasteiger partial charge on any atom is -0.468 e. The molecular formula is C18H15F2NO3. The van der Waals surface area contributed by atoms with Crippen LogP contribution in [0.2, 0.25) is 0 Å². The average molecular weight is 331 g/mol. The maximum atomic E-state index is 14.7. The summed E-state index contributed by atoms with van der Waals surface area (Å²) in [6, 6.07) is 9.01. The number of carbonyl (C=O) groups excluding carboxylic acids is 2. The van der Waals surface area contributed by atoms with Gasteiger partial charge in [-0.1, -0.05) is 24.3 Å². The van der Waals surface area contributed by atoms with Crippen molar-refractivity contribution in [2.45, 2.75) is 12.8 Å². The van der Waals surface area contributed by atoms with Crippen LogP contribution in [0, 0.1) is 6.92 Å². The number of esters is 1. The topological polar surface area (TPSA) is 55.4 Å². The van der Waals surface area contributed by atoms with Gasteiger partial charge in [-0.25, -0.2) is 0 Å². The summed E-state index contributed by atoms with van der Waals surface area (Å²) >= 11 is 0. The number of nitrogens with one attached hydrogen (secondary N) is 1. The molecule has 0 saturated carbocycles. The van der Waals surface area contributed by atoms with Gasteiger partial charge in [0.25, 0.3) is 11.8 Å². The first-order valence-electron chi connectivity index (χ1n) is 7.34. The molecule has 0 saturated heterocycles. The fourth-order valence-electron chi connectivity index (χ4n) is 2.95. The Bertz CT molecular complexity index is 846. The number of hydrogen-bond acceptors (Lipinski definition) is 3. The lowest BCUT2D eigenvalue weighted by Gasteiger charge is -2.14. The SMILES string of the molecule is COC(=O)CNC(=O)c1ccc2c(c1)-c1cccc(C)c1C2(F)F. The summed E-state index contributed by atoms with van der Waals surface area (Å²) in [5.74, 6) is -4.19. The van der Waals surface area contributed by atoms with Gasteiger partial charge in [-0.2, -0.15) is 8.78 Å². The van der Waals surface area contributed by atoms with Gasteiger partial charge in [0.1, 0.15) is 6.54 Å². The standard InChI is InChI=1S/C18H15F2NO3/c1-10-4-3-5-12-13-8-11(17(23)21-9-15(22)24-2)6-7-14(13)18(19,20)16(10)12/h3-8H,9H2,1-2H3,(H,21,23). The summed E-state index contributed by atoms with van der Waals surface area (Å²) in [4.78, 5) is 23.2. The van der Waals surface area contributed by atoms with Crippen molar-refractivity contribution in [1.82, 2.24) is 5.32 Å². The van der Waals surface area contributed by atoms with E-state index >= 15 is 0 Å². The van der Waals surface area contributed by atoms with Gasteiger partial charge >= 0.3 is 5.97 Å². The lowest BCUT2D eigenvalue weighted by atomic mass is 10.0. The van der Waals surface area contributed by atoms with E-state index in [1.807, 2.05) is 0 Å². The molecule has 1 aliphatic carbocycles. The fraction of sp³-hybridized carbons (Fsp3) is 0.222. The summed E-state index contributed by atoms with van der Waals surface area (Å²) in [6.45, 7) is 1.36. The van der Waals surface area contributed by atoms with Gasteiger partial charge in [-0.15, -0.1) is 0 Å². The van der Waals surface area contributed by atoms with E-state index in [4.69, 9.17) is 0 Å². The predicted molar refractivity (Wildman–Crippen MR) is 84.0 cm³/mol. The van der Waals surface area contributed by atoms with Crippen molar-refractivity contribution in [2.24, 2.45) is 0 Å². The number of amides is 1. The van der Waals surface area contributed by atoms with E-state index in [1.165, 1.54) is 25.3 Å². The van der Waals surface area contributed by atoms with E-state index in [9.17, 15) is 18.4 Å². The van der Waals surface area contributed by atoms with Crippen molar-refractivity contribution in [3.8, 4) is 11.1 Å². The Hall–Kier alpha value is -2.76. The molecule has 1 N–H and O–H groups in total. The molecule has 2 aromatic carbocycles. The Morgan fingerprint density at radius 1 is 1.17 bits per heavy atom. The molecule has 24 heavy (non-hydrogen) atoms. The molecule has 0 aromatic heterocycles. The smallest absolute Gasteiger partial charge is 0.325 e. The van der Waals surface area contributed by atoms with E-state index in [0.717, 1.165) is 0 Å². The highest BCUT2D eigenvalue weighted by atomic mass is 19.3. The molecule has 1 amide bonds. The zero-order valence-corrected chi connectivity index (χ0v) is 13.2. The molecule has 3 rings (SSSR count). The Balaban J connectivity index is 2.00. The highest BCUT2D eigenvalue weighted by Gasteiger charge is 2.45. The molecule has 6 heteroatoms. The number of aryl methyl sites for hydroxylation is 1. The molecule has 124 valence electrons. The zero-order chi connectivity index (χ0) is 17.5. The Labute approximate surface area is 137 Å². The summed E-state index contributed by atoms with van der Waals surface area (Å²) < 4.78 is 33.8. The Kier molecular flexibility index (Phi) is 3.83. The number of benzene rings is 2. The van der Waals surface area contributed by atoms with Crippen molar-refractivity contribution in [3.63, 3.8) is 0 Å². The van der Waals surface area contributed by atoms with E-state index in [1.54, 1.807) is 25.1 Å². The molecule has 1 aliphatic rings. The van der Waals surface area contributed by atoms with Crippen LogP contribution in [0.4, 0.5) is 8.78 Å². The molecule has 0 aliphatic heterocycles. The van der Waals surface area contributed by atoms with Crippen LogP contribution in [0.1, 0.15) is 27.0 Å². The molecule has 4 nitrogen and oxygen atoms in total. The number of methoxy groups -OCH3 is 1. The van der Waals surface area contributed by atoms with Crippen molar-refractivity contribution >= 4 is 11.9 Å². The quantitative estimate of drug-likeness (QED) is 0.880. The average Bonchev–Trinajstić information content (AvgIpc) is 2.80. The van der Waals surface area contributed by atoms with Gasteiger partial charge in [0.2, 0.25) is 0 Å². The molecule has 0 atom stereocenters. The largest absolute Gasteiger partial charge is 0.468 e. The predicted octanol–water partition coefficient (Wildman–Crippen LogP) is 3.02. The van der Waals surface area contributed by atoms with Crippen molar-refractivity contribution in [2.75, 3.05) is 13.7 Å². The van der Waals surface area contributed by atoms with Gasteiger partial charge in [0.05, 0.1) is 7.11 Å². The van der Waals surface area contributed by atoms with Crippen LogP contribution in [0.5, 0.6) is 0 Å². The Morgan fingerprint density at radius 3 is 2.62 bits per heavy atom. The molecule has 2 aromatic rings. The third-order valence-electron chi connectivity index (χ3n) is 4.12. The summed E-state index contributed by atoms with van der Waals surface area (Å²) in [7, 11) is 1.21. The lowest BCUT2D eigenvalue weighted by molar-refractivity contribution is -0.139. The van der Waals surface area contributed by atoms with Crippen molar-refractivity contribution in [3.05, 3.63) is 58.7 Å². The van der Waals surface area contributed by atoms with E-state index in [-0.39, 0.29) is 23.2 Å². The van der Waals surface area contributed by atoms with Crippen LogP contribution in [0.15, 0.2) is 36.4 Å².